The first-order valence-electron chi connectivity index (χ1n) is 6.24. The molecular weight excluding hydrogens is 288 g/mol. The first-order chi connectivity index (χ1) is 10.3. The van der Waals surface area contributed by atoms with E-state index in [-0.39, 0.29) is 11.7 Å². The normalized spacial score (nSPS) is 11.2. The fourth-order valence-electron chi connectivity index (χ4n) is 1.70. The van der Waals surface area contributed by atoms with E-state index in [9.17, 15) is 4.79 Å². The van der Waals surface area contributed by atoms with E-state index in [0.29, 0.717) is 10.9 Å². The van der Waals surface area contributed by atoms with Crippen LogP contribution in [0, 0.1) is 0 Å². The molecule has 0 bridgehead atoms. The molecule has 0 aliphatic heterocycles. The number of hydrazone groups is 1. The molecule has 0 aliphatic carbocycles. The fourth-order valence-corrected chi connectivity index (χ4v) is 2.37. The number of H-pyrrole nitrogens is 1. The van der Waals surface area contributed by atoms with Crippen LogP contribution in [0.5, 0.6) is 0 Å². The number of carbonyl (C=O) groups is 1. The highest BCUT2D eigenvalue weighted by Gasteiger charge is 2.06. The van der Waals surface area contributed by atoms with Crippen molar-refractivity contribution in [3.05, 3.63) is 48.4 Å². The number of thioether (sulfide) groups is 1. The molecule has 0 unspecified atom stereocenters. The Morgan fingerprint density at radius 1 is 1.38 bits per heavy atom. The summed E-state index contributed by atoms with van der Waals surface area (Å²) >= 11 is 1.33. The second-order valence-electron chi connectivity index (χ2n) is 4.16. The molecule has 7 heteroatoms. The molecule has 0 saturated carbocycles. The zero-order valence-electron chi connectivity index (χ0n) is 10.9. The number of aromatic amines is 1. The summed E-state index contributed by atoms with van der Waals surface area (Å²) in [6, 6.07) is 11.2. The summed E-state index contributed by atoms with van der Waals surface area (Å²) in [4.78, 5) is 19.2. The van der Waals surface area contributed by atoms with Gasteiger partial charge in [-0.15, -0.1) is 0 Å². The van der Waals surface area contributed by atoms with E-state index < -0.39 is 0 Å². The molecule has 2 N–H and O–H groups in total. The van der Waals surface area contributed by atoms with Crippen molar-refractivity contribution in [2.75, 3.05) is 5.75 Å². The Hall–Kier alpha value is -2.54. The van der Waals surface area contributed by atoms with E-state index in [1.165, 1.54) is 18.0 Å². The molecule has 21 heavy (non-hydrogen) atoms. The Morgan fingerprint density at radius 3 is 3.10 bits per heavy atom. The number of hydrogen-bond acceptors (Lipinski definition) is 5. The third-order valence-corrected chi connectivity index (χ3v) is 3.51. The minimum atomic E-state index is -0.205. The highest BCUT2D eigenvalue weighted by Crippen LogP contribution is 2.18. The van der Waals surface area contributed by atoms with Crippen LogP contribution in [0.25, 0.3) is 11.0 Å². The zero-order chi connectivity index (χ0) is 14.5. The molecule has 2 heterocycles. The average Bonchev–Trinajstić information content (AvgIpc) is 3.13. The molecule has 0 spiro atoms. The molecule has 0 aliphatic rings. The molecule has 3 aromatic rings. The first kappa shape index (κ1) is 13.4. The maximum Gasteiger partial charge on any atom is 0.250 e. The minimum Gasteiger partial charge on any atom is -0.463 e. The number of hydrogen-bond donors (Lipinski definition) is 2. The highest BCUT2D eigenvalue weighted by atomic mass is 32.2. The molecular formula is C14H12N4O2S. The van der Waals surface area contributed by atoms with Crippen LogP contribution in [0.3, 0.4) is 0 Å². The number of benzene rings is 1. The molecule has 0 saturated heterocycles. The maximum absolute atomic E-state index is 11.6. The number of carbonyl (C=O) groups excluding carboxylic acids is 1. The van der Waals surface area contributed by atoms with Gasteiger partial charge in [-0.1, -0.05) is 23.9 Å². The largest absolute Gasteiger partial charge is 0.463 e. The predicted molar refractivity (Wildman–Crippen MR) is 81.3 cm³/mol. The van der Waals surface area contributed by atoms with Crippen molar-refractivity contribution in [2.24, 2.45) is 5.10 Å². The lowest BCUT2D eigenvalue weighted by Crippen LogP contribution is -2.19. The van der Waals surface area contributed by atoms with Crippen LogP contribution in [0.4, 0.5) is 0 Å². The second kappa shape index (κ2) is 6.27. The minimum absolute atomic E-state index is 0.205. The number of furan rings is 1. The van der Waals surface area contributed by atoms with Gasteiger partial charge >= 0.3 is 0 Å². The Bertz CT molecular complexity index is 731. The lowest BCUT2D eigenvalue weighted by atomic mass is 10.3. The number of aromatic nitrogens is 2. The van der Waals surface area contributed by atoms with Crippen LogP contribution in [0.1, 0.15) is 5.76 Å². The monoisotopic (exact) mass is 300 g/mol. The van der Waals surface area contributed by atoms with Gasteiger partial charge in [0, 0.05) is 0 Å². The zero-order valence-corrected chi connectivity index (χ0v) is 11.8. The van der Waals surface area contributed by atoms with Crippen LogP contribution < -0.4 is 5.43 Å². The van der Waals surface area contributed by atoms with Gasteiger partial charge in [-0.25, -0.2) is 10.4 Å². The van der Waals surface area contributed by atoms with Gasteiger partial charge in [-0.2, -0.15) is 5.10 Å². The standard InChI is InChI=1S/C14H12N4O2S/c19-13(18-15-8-10-4-3-7-20-10)9-21-14-16-11-5-1-2-6-12(11)17-14/h1-8H,9H2,(H,16,17)(H,18,19)/b15-8-. The average molecular weight is 300 g/mol. The summed E-state index contributed by atoms with van der Waals surface area (Å²) in [6.45, 7) is 0. The van der Waals surface area contributed by atoms with Crippen molar-refractivity contribution in [3.63, 3.8) is 0 Å². The molecule has 0 atom stereocenters. The molecule has 0 radical (unpaired) electrons. The molecule has 1 aromatic carbocycles. The predicted octanol–water partition coefficient (Wildman–Crippen LogP) is 2.40. The van der Waals surface area contributed by atoms with Gasteiger partial charge in [0.1, 0.15) is 5.76 Å². The van der Waals surface area contributed by atoms with Crippen molar-refractivity contribution < 1.29 is 9.21 Å². The van der Waals surface area contributed by atoms with Gasteiger partial charge < -0.3 is 9.40 Å². The van der Waals surface area contributed by atoms with E-state index in [1.807, 2.05) is 24.3 Å². The van der Waals surface area contributed by atoms with E-state index in [0.717, 1.165) is 11.0 Å². The van der Waals surface area contributed by atoms with Gasteiger partial charge in [-0.3, -0.25) is 4.79 Å². The van der Waals surface area contributed by atoms with E-state index in [1.54, 1.807) is 18.4 Å². The molecule has 0 fully saturated rings. The number of para-hydroxylation sites is 2. The number of nitrogens with zero attached hydrogens (tertiary/aromatic N) is 2. The van der Waals surface area contributed by atoms with Crippen molar-refractivity contribution >= 4 is 34.9 Å². The Morgan fingerprint density at radius 2 is 2.29 bits per heavy atom. The molecule has 106 valence electrons. The van der Waals surface area contributed by atoms with Crippen LogP contribution in [0.2, 0.25) is 0 Å². The SMILES string of the molecule is O=C(CSc1nc2ccccc2[nH]1)N/N=C\c1ccco1. The van der Waals surface area contributed by atoms with Gasteiger partial charge in [-0.05, 0) is 24.3 Å². The highest BCUT2D eigenvalue weighted by molar-refractivity contribution is 7.99. The number of imidazole rings is 1. The molecule has 1 amide bonds. The summed E-state index contributed by atoms with van der Waals surface area (Å²) < 4.78 is 5.06. The van der Waals surface area contributed by atoms with Crippen LogP contribution in [-0.4, -0.2) is 27.8 Å². The number of fused-ring (bicyclic) bond motifs is 1. The number of rotatable bonds is 5. The summed E-state index contributed by atoms with van der Waals surface area (Å²) in [5.74, 6) is 0.610. The van der Waals surface area contributed by atoms with Crippen LogP contribution >= 0.6 is 11.8 Å². The number of nitrogens with one attached hydrogen (secondary N) is 2. The molecule has 6 nitrogen and oxygen atoms in total. The third kappa shape index (κ3) is 3.51. The summed E-state index contributed by atoms with van der Waals surface area (Å²) in [6.07, 6.45) is 2.99. The van der Waals surface area contributed by atoms with Gasteiger partial charge in [0.15, 0.2) is 5.16 Å². The second-order valence-corrected chi connectivity index (χ2v) is 5.12. The van der Waals surface area contributed by atoms with Crippen molar-refractivity contribution in [1.82, 2.24) is 15.4 Å². The Labute approximate surface area is 124 Å². The van der Waals surface area contributed by atoms with E-state index in [2.05, 4.69) is 20.5 Å². The topological polar surface area (TPSA) is 83.3 Å². The Kier molecular flexibility index (Phi) is 4.02. The molecule has 3 rings (SSSR count). The summed E-state index contributed by atoms with van der Waals surface area (Å²) in [5.41, 5.74) is 4.27. The first-order valence-corrected chi connectivity index (χ1v) is 7.23. The van der Waals surface area contributed by atoms with Crippen molar-refractivity contribution in [1.29, 1.82) is 0 Å². The Balaban J connectivity index is 1.51. The smallest absolute Gasteiger partial charge is 0.250 e. The maximum atomic E-state index is 11.6. The summed E-state index contributed by atoms with van der Waals surface area (Å²) in [5, 5.41) is 4.52. The molecule has 2 aromatic heterocycles. The van der Waals surface area contributed by atoms with Crippen LogP contribution in [-0.2, 0) is 4.79 Å². The van der Waals surface area contributed by atoms with Crippen LogP contribution in [0.15, 0.2) is 57.3 Å². The van der Waals surface area contributed by atoms with Gasteiger partial charge in [0.05, 0.1) is 29.3 Å². The van der Waals surface area contributed by atoms with Gasteiger partial charge in [0.2, 0.25) is 0 Å². The quantitative estimate of drug-likeness (QED) is 0.430. The number of amides is 1. The van der Waals surface area contributed by atoms with Crippen molar-refractivity contribution in [3.8, 4) is 0 Å². The third-order valence-electron chi connectivity index (χ3n) is 2.63. The van der Waals surface area contributed by atoms with Crippen molar-refractivity contribution in [2.45, 2.75) is 5.16 Å². The van der Waals surface area contributed by atoms with Gasteiger partial charge in [0.25, 0.3) is 5.91 Å². The van der Waals surface area contributed by atoms with E-state index >= 15 is 0 Å². The lowest BCUT2D eigenvalue weighted by molar-refractivity contribution is -0.118. The summed E-state index contributed by atoms with van der Waals surface area (Å²) in [7, 11) is 0. The van der Waals surface area contributed by atoms with E-state index in [4.69, 9.17) is 4.42 Å². The lowest BCUT2D eigenvalue weighted by Gasteiger charge is -1.96. The fraction of sp³-hybridized carbons (Fsp3) is 0.0714.